The molecule has 15 heavy (non-hydrogen) atoms. The van der Waals surface area contributed by atoms with Crippen molar-refractivity contribution in [1.82, 2.24) is 9.55 Å². The van der Waals surface area contributed by atoms with Crippen LogP contribution in [-0.4, -0.2) is 20.6 Å². The van der Waals surface area contributed by atoms with Crippen LogP contribution >= 0.6 is 0 Å². The fraction of sp³-hybridized carbons (Fsp3) is 0.444. The standard InChI is InChI=1S/C9H12N2O4/c1-2-3-4-11-7(12)5-6(8(13)14)10-9(11)15/h5H,2-4H2,1H3,(H,10,15)(H,13,14). The average Bonchev–Trinajstić information content (AvgIpc) is 2.16. The van der Waals surface area contributed by atoms with Crippen molar-refractivity contribution < 1.29 is 9.90 Å². The second-order valence-electron chi connectivity index (χ2n) is 3.14. The van der Waals surface area contributed by atoms with Gasteiger partial charge in [0.15, 0.2) is 0 Å². The lowest BCUT2D eigenvalue weighted by Gasteiger charge is -2.02. The zero-order valence-electron chi connectivity index (χ0n) is 8.32. The Hall–Kier alpha value is -1.85. The van der Waals surface area contributed by atoms with Gasteiger partial charge in [-0.1, -0.05) is 13.3 Å². The van der Waals surface area contributed by atoms with Crippen molar-refractivity contribution in [2.75, 3.05) is 0 Å². The number of hydrogen-bond donors (Lipinski definition) is 2. The molecule has 82 valence electrons. The molecule has 0 aliphatic rings. The molecule has 1 rings (SSSR count). The Labute approximate surface area is 85.2 Å². The van der Waals surface area contributed by atoms with Gasteiger partial charge in [0.25, 0.3) is 5.56 Å². The maximum atomic E-state index is 11.4. The molecule has 1 aromatic rings. The number of carboxylic acid groups (broad SMARTS) is 1. The molecule has 0 amide bonds. The van der Waals surface area contributed by atoms with Crippen LogP contribution in [0, 0.1) is 0 Å². The number of carbonyl (C=O) groups is 1. The van der Waals surface area contributed by atoms with Crippen LogP contribution in [0.15, 0.2) is 15.7 Å². The second kappa shape index (κ2) is 4.59. The highest BCUT2D eigenvalue weighted by molar-refractivity contribution is 5.84. The number of H-pyrrole nitrogens is 1. The molecule has 0 saturated carbocycles. The molecule has 1 aromatic heterocycles. The van der Waals surface area contributed by atoms with E-state index < -0.39 is 17.2 Å². The van der Waals surface area contributed by atoms with Crippen LogP contribution in [0.4, 0.5) is 0 Å². The van der Waals surface area contributed by atoms with Crippen LogP contribution in [0.3, 0.4) is 0 Å². The molecule has 0 fully saturated rings. The Bertz CT molecular complexity index is 440. The predicted octanol–water partition coefficient (Wildman–Crippen LogP) is 0.0349. The molecular formula is C9H12N2O4. The van der Waals surface area contributed by atoms with Gasteiger partial charge in [-0.3, -0.25) is 9.36 Å². The van der Waals surface area contributed by atoms with Gasteiger partial charge in [-0.2, -0.15) is 0 Å². The third-order valence-electron chi connectivity index (χ3n) is 1.99. The maximum Gasteiger partial charge on any atom is 0.352 e. The molecule has 6 heteroatoms. The summed E-state index contributed by atoms with van der Waals surface area (Å²) in [4.78, 5) is 35.3. The van der Waals surface area contributed by atoms with Gasteiger partial charge < -0.3 is 10.1 Å². The highest BCUT2D eigenvalue weighted by atomic mass is 16.4. The Kier molecular flexibility index (Phi) is 3.43. The van der Waals surface area contributed by atoms with E-state index in [4.69, 9.17) is 5.11 Å². The third-order valence-corrected chi connectivity index (χ3v) is 1.99. The first kappa shape index (κ1) is 11.2. The monoisotopic (exact) mass is 212 g/mol. The van der Waals surface area contributed by atoms with E-state index in [0.29, 0.717) is 13.0 Å². The number of nitrogens with zero attached hydrogens (tertiary/aromatic N) is 1. The maximum absolute atomic E-state index is 11.4. The number of aromatic carboxylic acids is 1. The van der Waals surface area contributed by atoms with Gasteiger partial charge in [0.05, 0.1) is 0 Å². The first-order valence-electron chi connectivity index (χ1n) is 4.63. The SMILES string of the molecule is CCCCn1c(=O)cc(C(=O)O)[nH]c1=O. The second-order valence-corrected chi connectivity index (χ2v) is 3.14. The molecule has 0 unspecified atom stereocenters. The van der Waals surface area contributed by atoms with Crippen LogP contribution in [0.5, 0.6) is 0 Å². The number of hydrogen-bond acceptors (Lipinski definition) is 3. The molecule has 2 N–H and O–H groups in total. The fourth-order valence-electron chi connectivity index (χ4n) is 1.16. The number of rotatable bonds is 4. The molecule has 0 aromatic carbocycles. The van der Waals surface area contributed by atoms with Gasteiger partial charge in [0, 0.05) is 12.6 Å². The summed E-state index contributed by atoms with van der Waals surface area (Å²) in [5.74, 6) is -1.31. The Morgan fingerprint density at radius 2 is 2.20 bits per heavy atom. The van der Waals surface area contributed by atoms with Crippen LogP contribution < -0.4 is 11.2 Å². The van der Waals surface area contributed by atoms with Gasteiger partial charge in [0.1, 0.15) is 5.69 Å². The van der Waals surface area contributed by atoms with E-state index in [0.717, 1.165) is 17.1 Å². The minimum atomic E-state index is -1.31. The van der Waals surface area contributed by atoms with Crippen LogP contribution in [-0.2, 0) is 6.54 Å². The quantitative estimate of drug-likeness (QED) is 0.736. The lowest BCUT2D eigenvalue weighted by Crippen LogP contribution is -2.36. The summed E-state index contributed by atoms with van der Waals surface area (Å²) in [5.41, 5.74) is -1.63. The summed E-state index contributed by atoms with van der Waals surface area (Å²) in [6, 6.07) is 0.916. The zero-order valence-corrected chi connectivity index (χ0v) is 8.32. The summed E-state index contributed by atoms with van der Waals surface area (Å²) in [7, 11) is 0. The van der Waals surface area contributed by atoms with E-state index >= 15 is 0 Å². The lowest BCUT2D eigenvalue weighted by atomic mass is 10.3. The first-order chi connectivity index (χ1) is 7.06. The van der Waals surface area contributed by atoms with Crippen LogP contribution in [0.1, 0.15) is 30.3 Å². The number of carboxylic acids is 1. The molecule has 0 atom stereocenters. The van der Waals surface area contributed by atoms with Crippen molar-refractivity contribution in [2.45, 2.75) is 26.3 Å². The molecule has 1 heterocycles. The summed E-state index contributed by atoms with van der Waals surface area (Å²) >= 11 is 0. The minimum absolute atomic E-state index is 0.310. The number of nitrogens with one attached hydrogen (secondary N) is 1. The van der Waals surface area contributed by atoms with Crippen molar-refractivity contribution in [3.8, 4) is 0 Å². The minimum Gasteiger partial charge on any atom is -0.477 e. The number of aromatic nitrogens is 2. The highest BCUT2D eigenvalue weighted by Crippen LogP contribution is 1.89. The Morgan fingerprint density at radius 1 is 1.53 bits per heavy atom. The van der Waals surface area contributed by atoms with Crippen molar-refractivity contribution in [3.05, 3.63) is 32.6 Å². The van der Waals surface area contributed by atoms with Crippen molar-refractivity contribution in [3.63, 3.8) is 0 Å². The van der Waals surface area contributed by atoms with Gasteiger partial charge >= 0.3 is 11.7 Å². The lowest BCUT2D eigenvalue weighted by molar-refractivity contribution is 0.0689. The molecule has 0 radical (unpaired) electrons. The van der Waals surface area contributed by atoms with E-state index in [9.17, 15) is 14.4 Å². The van der Waals surface area contributed by atoms with Gasteiger partial charge in [-0.25, -0.2) is 9.59 Å². The van der Waals surface area contributed by atoms with Crippen molar-refractivity contribution in [1.29, 1.82) is 0 Å². The van der Waals surface area contributed by atoms with Gasteiger partial charge in [0.2, 0.25) is 0 Å². The summed E-state index contributed by atoms with van der Waals surface area (Å²) in [5, 5.41) is 8.58. The molecular weight excluding hydrogens is 200 g/mol. The van der Waals surface area contributed by atoms with Gasteiger partial charge in [-0.15, -0.1) is 0 Å². The zero-order chi connectivity index (χ0) is 11.4. The largest absolute Gasteiger partial charge is 0.477 e. The molecule has 0 saturated heterocycles. The number of aromatic amines is 1. The Balaban J connectivity index is 3.16. The van der Waals surface area contributed by atoms with Crippen LogP contribution in [0.2, 0.25) is 0 Å². The average molecular weight is 212 g/mol. The highest BCUT2D eigenvalue weighted by Gasteiger charge is 2.08. The number of unbranched alkanes of at least 4 members (excludes halogenated alkanes) is 1. The predicted molar refractivity (Wildman–Crippen MR) is 53.2 cm³/mol. The van der Waals surface area contributed by atoms with E-state index in [-0.39, 0.29) is 5.69 Å². The molecule has 0 aliphatic heterocycles. The fourth-order valence-corrected chi connectivity index (χ4v) is 1.16. The molecule has 0 aliphatic carbocycles. The third kappa shape index (κ3) is 2.55. The van der Waals surface area contributed by atoms with E-state index in [1.165, 1.54) is 0 Å². The smallest absolute Gasteiger partial charge is 0.352 e. The van der Waals surface area contributed by atoms with E-state index in [1.54, 1.807) is 0 Å². The Morgan fingerprint density at radius 3 is 2.67 bits per heavy atom. The first-order valence-corrected chi connectivity index (χ1v) is 4.63. The van der Waals surface area contributed by atoms with Crippen LogP contribution in [0.25, 0.3) is 0 Å². The molecule has 0 spiro atoms. The summed E-state index contributed by atoms with van der Waals surface area (Å²) < 4.78 is 0.996. The summed E-state index contributed by atoms with van der Waals surface area (Å²) in [6.07, 6.45) is 1.56. The topological polar surface area (TPSA) is 92.2 Å². The van der Waals surface area contributed by atoms with Crippen molar-refractivity contribution in [2.24, 2.45) is 0 Å². The normalized spacial score (nSPS) is 10.2. The molecule has 6 nitrogen and oxygen atoms in total. The van der Waals surface area contributed by atoms with Gasteiger partial charge in [-0.05, 0) is 6.42 Å². The molecule has 0 bridgehead atoms. The van der Waals surface area contributed by atoms with Crippen molar-refractivity contribution >= 4 is 5.97 Å². The summed E-state index contributed by atoms with van der Waals surface area (Å²) in [6.45, 7) is 2.25. The van der Waals surface area contributed by atoms with E-state index in [1.807, 2.05) is 6.92 Å². The van der Waals surface area contributed by atoms with E-state index in [2.05, 4.69) is 4.98 Å².